The Morgan fingerprint density at radius 1 is 1.53 bits per heavy atom. The number of aromatic nitrogens is 4. The Morgan fingerprint density at radius 3 is 3.07 bits per heavy atom. The summed E-state index contributed by atoms with van der Waals surface area (Å²) in [4.78, 5) is 15.3. The van der Waals surface area contributed by atoms with Crippen LogP contribution in [0.5, 0.6) is 0 Å². The molecular formula is C10H13N5. The summed E-state index contributed by atoms with van der Waals surface area (Å²) in [5.74, 6) is 0.270. The van der Waals surface area contributed by atoms with E-state index >= 15 is 0 Å². The van der Waals surface area contributed by atoms with Crippen molar-refractivity contribution in [1.82, 2.24) is 19.9 Å². The van der Waals surface area contributed by atoms with Gasteiger partial charge in [-0.2, -0.15) is 4.98 Å². The number of hydrogen-bond acceptors (Lipinski definition) is 4. The molecule has 0 aliphatic rings. The fraction of sp³-hybridized carbons (Fsp3) is 0.300. The Bertz CT molecular complexity index is 499. The van der Waals surface area contributed by atoms with E-state index in [1.165, 1.54) is 0 Å². The molecule has 3 N–H and O–H groups in total. The highest BCUT2D eigenvalue weighted by Crippen LogP contribution is 2.15. The Morgan fingerprint density at radius 2 is 2.33 bits per heavy atom. The van der Waals surface area contributed by atoms with Crippen LogP contribution in [0.25, 0.3) is 11.2 Å². The van der Waals surface area contributed by atoms with Gasteiger partial charge in [0.25, 0.3) is 0 Å². The fourth-order valence-electron chi connectivity index (χ4n) is 1.42. The third-order valence-electron chi connectivity index (χ3n) is 2.17. The number of imidazole rings is 1. The molecule has 0 atom stereocenters. The number of aryl methyl sites for hydroxylation is 1. The second-order valence-electron chi connectivity index (χ2n) is 3.59. The van der Waals surface area contributed by atoms with Gasteiger partial charge in [-0.15, -0.1) is 6.58 Å². The fourth-order valence-corrected chi connectivity index (χ4v) is 1.42. The summed E-state index contributed by atoms with van der Waals surface area (Å²) in [5.41, 5.74) is 9.11. The van der Waals surface area contributed by atoms with Gasteiger partial charge in [-0.1, -0.05) is 5.57 Å². The van der Waals surface area contributed by atoms with Crippen LogP contribution in [0.4, 0.5) is 5.95 Å². The lowest BCUT2D eigenvalue weighted by Gasteiger charge is -2.02. The van der Waals surface area contributed by atoms with Gasteiger partial charge in [-0.05, 0) is 19.8 Å². The molecule has 2 aromatic heterocycles. The van der Waals surface area contributed by atoms with Crippen molar-refractivity contribution in [3.63, 3.8) is 0 Å². The van der Waals surface area contributed by atoms with Gasteiger partial charge < -0.3 is 10.7 Å². The molecule has 78 valence electrons. The largest absolute Gasteiger partial charge is 0.368 e. The first kappa shape index (κ1) is 9.64. The minimum absolute atomic E-state index is 0.270. The topological polar surface area (TPSA) is 80.5 Å². The summed E-state index contributed by atoms with van der Waals surface area (Å²) in [6.07, 6.45) is 3.30. The standard InChI is InChI=1S/C10H13N5/c1-6(2)3-4-7-8-9(13-5-12-8)15-10(11)14-7/h5H,1,3-4H2,2H3,(H3,11,12,13,14,15). The highest BCUT2D eigenvalue weighted by molar-refractivity contribution is 5.73. The lowest BCUT2D eigenvalue weighted by Crippen LogP contribution is -2.01. The smallest absolute Gasteiger partial charge is 0.222 e. The maximum Gasteiger partial charge on any atom is 0.222 e. The van der Waals surface area contributed by atoms with Gasteiger partial charge in [0.05, 0.1) is 12.0 Å². The van der Waals surface area contributed by atoms with Gasteiger partial charge in [0.15, 0.2) is 5.65 Å². The lowest BCUT2D eigenvalue weighted by molar-refractivity contribution is 0.907. The number of hydrogen-bond donors (Lipinski definition) is 2. The number of nitrogens with two attached hydrogens (primary N) is 1. The second-order valence-corrected chi connectivity index (χ2v) is 3.59. The minimum Gasteiger partial charge on any atom is -0.368 e. The Balaban J connectivity index is 2.39. The molecule has 0 aromatic carbocycles. The van der Waals surface area contributed by atoms with E-state index < -0.39 is 0 Å². The average molecular weight is 203 g/mol. The molecule has 0 saturated carbocycles. The number of nitrogens with zero attached hydrogens (tertiary/aromatic N) is 3. The van der Waals surface area contributed by atoms with Crippen molar-refractivity contribution < 1.29 is 0 Å². The molecule has 0 aliphatic heterocycles. The van der Waals surface area contributed by atoms with Crippen LogP contribution in [0, 0.1) is 0 Å². The van der Waals surface area contributed by atoms with Gasteiger partial charge in [0.1, 0.15) is 5.52 Å². The second kappa shape index (κ2) is 3.68. The SMILES string of the molecule is C=C(C)CCc1nc(N)nc2nc[nH]c12. The van der Waals surface area contributed by atoms with E-state index in [9.17, 15) is 0 Å². The number of nitrogen functional groups attached to an aromatic ring is 1. The number of aromatic amines is 1. The molecule has 2 rings (SSSR count). The van der Waals surface area contributed by atoms with Gasteiger partial charge in [0.2, 0.25) is 5.95 Å². The average Bonchev–Trinajstić information content (AvgIpc) is 2.61. The van der Waals surface area contributed by atoms with E-state index in [0.29, 0.717) is 5.65 Å². The van der Waals surface area contributed by atoms with Gasteiger partial charge >= 0.3 is 0 Å². The van der Waals surface area contributed by atoms with Crippen molar-refractivity contribution in [3.05, 3.63) is 24.2 Å². The van der Waals surface area contributed by atoms with Crippen LogP contribution in [-0.2, 0) is 6.42 Å². The van der Waals surface area contributed by atoms with Crippen LogP contribution in [-0.4, -0.2) is 19.9 Å². The zero-order valence-electron chi connectivity index (χ0n) is 8.62. The first-order chi connectivity index (χ1) is 7.16. The minimum atomic E-state index is 0.270. The van der Waals surface area contributed by atoms with Crippen molar-refractivity contribution in [2.24, 2.45) is 0 Å². The maximum absolute atomic E-state index is 5.59. The third-order valence-corrected chi connectivity index (χ3v) is 2.17. The molecule has 0 spiro atoms. The highest BCUT2D eigenvalue weighted by atomic mass is 15.1. The molecule has 0 fully saturated rings. The van der Waals surface area contributed by atoms with Crippen LogP contribution in [0.1, 0.15) is 19.0 Å². The lowest BCUT2D eigenvalue weighted by atomic mass is 10.1. The van der Waals surface area contributed by atoms with Gasteiger partial charge in [-0.25, -0.2) is 9.97 Å². The van der Waals surface area contributed by atoms with E-state index in [-0.39, 0.29) is 5.95 Å². The monoisotopic (exact) mass is 203 g/mol. The summed E-state index contributed by atoms with van der Waals surface area (Å²) in [7, 11) is 0. The molecule has 0 radical (unpaired) electrons. The van der Waals surface area contributed by atoms with E-state index in [2.05, 4.69) is 26.5 Å². The molecule has 2 heterocycles. The van der Waals surface area contributed by atoms with Crippen LogP contribution in [0.3, 0.4) is 0 Å². The zero-order chi connectivity index (χ0) is 10.8. The maximum atomic E-state index is 5.59. The number of H-pyrrole nitrogens is 1. The summed E-state index contributed by atoms with van der Waals surface area (Å²) in [6, 6.07) is 0. The van der Waals surface area contributed by atoms with Crippen LogP contribution >= 0.6 is 0 Å². The van der Waals surface area contributed by atoms with E-state index in [1.54, 1.807) is 6.33 Å². The molecule has 0 unspecified atom stereocenters. The van der Waals surface area contributed by atoms with Crippen molar-refractivity contribution in [3.8, 4) is 0 Å². The molecule has 0 amide bonds. The number of anilines is 1. The number of rotatable bonds is 3. The summed E-state index contributed by atoms with van der Waals surface area (Å²) >= 11 is 0. The zero-order valence-corrected chi connectivity index (χ0v) is 8.62. The summed E-state index contributed by atoms with van der Waals surface area (Å²) < 4.78 is 0. The van der Waals surface area contributed by atoms with Gasteiger partial charge in [-0.3, -0.25) is 0 Å². The predicted octanol–water partition coefficient (Wildman–Crippen LogP) is 1.44. The van der Waals surface area contributed by atoms with Crippen molar-refractivity contribution in [1.29, 1.82) is 0 Å². The molecule has 2 aromatic rings. The molecule has 5 heteroatoms. The van der Waals surface area contributed by atoms with Crippen molar-refractivity contribution in [2.45, 2.75) is 19.8 Å². The highest BCUT2D eigenvalue weighted by Gasteiger charge is 2.07. The van der Waals surface area contributed by atoms with E-state index in [1.807, 2.05) is 6.92 Å². The number of fused-ring (bicyclic) bond motifs is 1. The van der Waals surface area contributed by atoms with E-state index in [0.717, 1.165) is 29.6 Å². The van der Waals surface area contributed by atoms with Crippen LogP contribution < -0.4 is 5.73 Å². The quantitative estimate of drug-likeness (QED) is 0.740. The third kappa shape index (κ3) is 1.96. The van der Waals surface area contributed by atoms with E-state index in [4.69, 9.17) is 5.73 Å². The Kier molecular flexibility index (Phi) is 2.37. The Labute approximate surface area is 87.5 Å². The normalized spacial score (nSPS) is 10.7. The Hall–Kier alpha value is -1.91. The molecule has 0 saturated heterocycles. The summed E-state index contributed by atoms with van der Waals surface area (Å²) in [5, 5.41) is 0. The van der Waals surface area contributed by atoms with Crippen LogP contribution in [0.2, 0.25) is 0 Å². The first-order valence-electron chi connectivity index (χ1n) is 4.76. The van der Waals surface area contributed by atoms with Crippen molar-refractivity contribution in [2.75, 3.05) is 5.73 Å². The molecule has 0 bridgehead atoms. The van der Waals surface area contributed by atoms with Crippen LogP contribution in [0.15, 0.2) is 18.5 Å². The molecule has 5 nitrogen and oxygen atoms in total. The van der Waals surface area contributed by atoms with Gasteiger partial charge in [0, 0.05) is 0 Å². The van der Waals surface area contributed by atoms with Crippen molar-refractivity contribution >= 4 is 17.1 Å². The summed E-state index contributed by atoms with van der Waals surface area (Å²) in [6.45, 7) is 5.85. The number of allylic oxidation sites excluding steroid dienone is 1. The molecule has 15 heavy (non-hydrogen) atoms. The number of nitrogens with one attached hydrogen (secondary N) is 1. The predicted molar refractivity (Wildman–Crippen MR) is 59.2 cm³/mol. The molecule has 0 aliphatic carbocycles. The molecular weight excluding hydrogens is 190 g/mol. The first-order valence-corrected chi connectivity index (χ1v) is 4.76.